The van der Waals surface area contributed by atoms with Crippen molar-refractivity contribution in [3.63, 3.8) is 0 Å². The Kier molecular flexibility index (Phi) is 3.93. The van der Waals surface area contributed by atoms with Crippen LogP contribution in [0.2, 0.25) is 0 Å². The van der Waals surface area contributed by atoms with Gasteiger partial charge in [-0.15, -0.1) is 0 Å². The fourth-order valence-corrected chi connectivity index (χ4v) is 3.31. The Balaban J connectivity index is 1.70. The molecule has 0 amide bonds. The second-order valence-corrected chi connectivity index (χ2v) is 6.01. The van der Waals surface area contributed by atoms with Crippen LogP contribution in [-0.2, 0) is 6.42 Å². The standard InChI is InChI=1S/C18H23NO/c1-13-9-10-18(17-8-4-3-7-16(13)17)19-14(2)12-15-6-5-11-20-15/h3-8,11,13-14,18-19H,9-10,12H2,1-2H3. The van der Waals surface area contributed by atoms with E-state index in [0.717, 1.165) is 12.2 Å². The fourth-order valence-electron chi connectivity index (χ4n) is 3.31. The highest BCUT2D eigenvalue weighted by atomic mass is 16.3. The van der Waals surface area contributed by atoms with Gasteiger partial charge in [0.15, 0.2) is 0 Å². The summed E-state index contributed by atoms with van der Waals surface area (Å²) >= 11 is 0. The van der Waals surface area contributed by atoms with Crippen molar-refractivity contribution in [1.29, 1.82) is 0 Å². The molecular weight excluding hydrogens is 246 g/mol. The highest BCUT2D eigenvalue weighted by molar-refractivity contribution is 5.35. The lowest BCUT2D eigenvalue weighted by atomic mass is 9.81. The second-order valence-electron chi connectivity index (χ2n) is 6.01. The molecule has 2 heteroatoms. The summed E-state index contributed by atoms with van der Waals surface area (Å²) < 4.78 is 5.44. The Hall–Kier alpha value is -1.54. The third-order valence-electron chi connectivity index (χ3n) is 4.36. The minimum absolute atomic E-state index is 0.424. The lowest BCUT2D eigenvalue weighted by Gasteiger charge is -2.32. The zero-order chi connectivity index (χ0) is 13.9. The predicted molar refractivity (Wildman–Crippen MR) is 81.8 cm³/mol. The van der Waals surface area contributed by atoms with Crippen LogP contribution in [0.15, 0.2) is 47.1 Å². The SMILES string of the molecule is CC(Cc1ccco1)NC1CCC(C)c2ccccc21. The average molecular weight is 269 g/mol. The highest BCUT2D eigenvalue weighted by Crippen LogP contribution is 2.37. The molecule has 0 fully saturated rings. The number of benzene rings is 1. The van der Waals surface area contributed by atoms with Crippen molar-refractivity contribution in [2.75, 3.05) is 0 Å². The minimum atomic E-state index is 0.424. The monoisotopic (exact) mass is 269 g/mol. The molecule has 0 saturated carbocycles. The first-order chi connectivity index (χ1) is 9.74. The van der Waals surface area contributed by atoms with Gasteiger partial charge in [0, 0.05) is 18.5 Å². The molecule has 1 N–H and O–H groups in total. The molecule has 1 heterocycles. The van der Waals surface area contributed by atoms with E-state index in [1.54, 1.807) is 6.26 Å². The number of nitrogens with one attached hydrogen (secondary N) is 1. The van der Waals surface area contributed by atoms with Crippen molar-refractivity contribution in [1.82, 2.24) is 5.32 Å². The molecule has 0 spiro atoms. The molecule has 0 bridgehead atoms. The largest absolute Gasteiger partial charge is 0.469 e. The van der Waals surface area contributed by atoms with Crippen LogP contribution in [0.1, 0.15) is 55.5 Å². The zero-order valence-corrected chi connectivity index (χ0v) is 12.3. The van der Waals surface area contributed by atoms with E-state index in [-0.39, 0.29) is 0 Å². The second kappa shape index (κ2) is 5.84. The lowest BCUT2D eigenvalue weighted by molar-refractivity contribution is 0.374. The van der Waals surface area contributed by atoms with Crippen molar-refractivity contribution >= 4 is 0 Å². The van der Waals surface area contributed by atoms with E-state index in [2.05, 4.69) is 49.5 Å². The maximum absolute atomic E-state index is 5.44. The molecule has 1 aliphatic carbocycles. The van der Waals surface area contributed by atoms with E-state index in [4.69, 9.17) is 4.42 Å². The van der Waals surface area contributed by atoms with E-state index in [1.807, 2.05) is 6.07 Å². The van der Waals surface area contributed by atoms with Crippen LogP contribution in [0, 0.1) is 0 Å². The normalized spacial score (nSPS) is 23.3. The third-order valence-corrected chi connectivity index (χ3v) is 4.36. The Morgan fingerprint density at radius 1 is 1.15 bits per heavy atom. The van der Waals surface area contributed by atoms with E-state index >= 15 is 0 Å². The first kappa shape index (κ1) is 13.4. The topological polar surface area (TPSA) is 25.2 Å². The van der Waals surface area contributed by atoms with Crippen molar-refractivity contribution < 1.29 is 4.42 Å². The number of hydrogen-bond donors (Lipinski definition) is 1. The van der Waals surface area contributed by atoms with Gasteiger partial charge in [0.05, 0.1) is 6.26 Å². The first-order valence-corrected chi connectivity index (χ1v) is 7.61. The molecule has 2 nitrogen and oxygen atoms in total. The van der Waals surface area contributed by atoms with Gasteiger partial charge in [0.1, 0.15) is 5.76 Å². The van der Waals surface area contributed by atoms with Crippen molar-refractivity contribution in [2.45, 2.75) is 51.1 Å². The predicted octanol–water partition coefficient (Wildman–Crippen LogP) is 4.44. The maximum atomic E-state index is 5.44. The average Bonchev–Trinajstić information content (AvgIpc) is 2.95. The molecule has 3 rings (SSSR count). The van der Waals surface area contributed by atoms with Gasteiger partial charge in [0.25, 0.3) is 0 Å². The summed E-state index contributed by atoms with van der Waals surface area (Å²) in [7, 11) is 0. The van der Waals surface area contributed by atoms with Crippen LogP contribution in [0.4, 0.5) is 0 Å². The first-order valence-electron chi connectivity index (χ1n) is 7.61. The summed E-state index contributed by atoms with van der Waals surface area (Å²) in [4.78, 5) is 0. The zero-order valence-electron chi connectivity index (χ0n) is 12.3. The smallest absolute Gasteiger partial charge is 0.105 e. The molecule has 20 heavy (non-hydrogen) atoms. The Morgan fingerprint density at radius 2 is 1.95 bits per heavy atom. The summed E-state index contributed by atoms with van der Waals surface area (Å²) in [6.07, 6.45) is 5.18. The van der Waals surface area contributed by atoms with Gasteiger partial charge in [-0.25, -0.2) is 0 Å². The van der Waals surface area contributed by atoms with Gasteiger partial charge >= 0.3 is 0 Å². The van der Waals surface area contributed by atoms with Gasteiger partial charge in [-0.3, -0.25) is 0 Å². The van der Waals surface area contributed by atoms with Gasteiger partial charge in [0.2, 0.25) is 0 Å². The van der Waals surface area contributed by atoms with E-state index < -0.39 is 0 Å². The van der Waals surface area contributed by atoms with Crippen LogP contribution in [0.25, 0.3) is 0 Å². The summed E-state index contributed by atoms with van der Waals surface area (Å²) in [5.41, 5.74) is 3.00. The van der Waals surface area contributed by atoms with Crippen molar-refractivity contribution in [3.8, 4) is 0 Å². The Labute approximate surface area is 121 Å². The summed E-state index contributed by atoms with van der Waals surface area (Å²) in [6.45, 7) is 4.57. The molecule has 106 valence electrons. The molecule has 0 radical (unpaired) electrons. The molecule has 1 aromatic heterocycles. The van der Waals surface area contributed by atoms with Gasteiger partial charge < -0.3 is 9.73 Å². The maximum Gasteiger partial charge on any atom is 0.105 e. The Morgan fingerprint density at radius 3 is 2.70 bits per heavy atom. The van der Waals surface area contributed by atoms with E-state index in [1.165, 1.54) is 24.0 Å². The molecule has 1 aromatic carbocycles. The van der Waals surface area contributed by atoms with Crippen molar-refractivity contribution in [2.24, 2.45) is 0 Å². The fraction of sp³-hybridized carbons (Fsp3) is 0.444. The Bertz CT molecular complexity index is 546. The molecule has 1 aliphatic rings. The van der Waals surface area contributed by atoms with Gasteiger partial charge in [-0.1, -0.05) is 31.2 Å². The highest BCUT2D eigenvalue weighted by Gasteiger charge is 2.25. The molecular formula is C18H23NO. The molecule has 3 atom stereocenters. The third kappa shape index (κ3) is 2.80. The van der Waals surface area contributed by atoms with E-state index in [9.17, 15) is 0 Å². The van der Waals surface area contributed by atoms with Crippen molar-refractivity contribution in [3.05, 3.63) is 59.5 Å². The number of fused-ring (bicyclic) bond motifs is 1. The van der Waals surface area contributed by atoms with E-state index in [0.29, 0.717) is 18.0 Å². The minimum Gasteiger partial charge on any atom is -0.469 e. The van der Waals surface area contributed by atoms with Crippen LogP contribution in [0.5, 0.6) is 0 Å². The van der Waals surface area contributed by atoms with Crippen LogP contribution < -0.4 is 5.32 Å². The number of furan rings is 1. The summed E-state index contributed by atoms with van der Waals surface area (Å²) in [5.74, 6) is 1.74. The van der Waals surface area contributed by atoms with Gasteiger partial charge in [-0.05, 0) is 48.9 Å². The van der Waals surface area contributed by atoms with Crippen LogP contribution >= 0.6 is 0 Å². The van der Waals surface area contributed by atoms with Gasteiger partial charge in [-0.2, -0.15) is 0 Å². The number of rotatable bonds is 4. The van der Waals surface area contributed by atoms with Crippen LogP contribution in [0.3, 0.4) is 0 Å². The quantitative estimate of drug-likeness (QED) is 0.887. The molecule has 0 saturated heterocycles. The molecule has 3 unspecified atom stereocenters. The lowest BCUT2D eigenvalue weighted by Crippen LogP contribution is -2.34. The molecule has 0 aliphatic heterocycles. The summed E-state index contributed by atoms with van der Waals surface area (Å²) in [5, 5.41) is 3.77. The summed E-state index contributed by atoms with van der Waals surface area (Å²) in [6, 6.07) is 13.8. The number of hydrogen-bond acceptors (Lipinski definition) is 2. The molecule has 2 aromatic rings. The van der Waals surface area contributed by atoms with Crippen LogP contribution in [-0.4, -0.2) is 6.04 Å².